The zero-order chi connectivity index (χ0) is 14.5. The molecule has 2 nitrogen and oxygen atoms in total. The number of fused-ring (bicyclic) bond motifs is 2. The molecule has 2 heteroatoms. The van der Waals surface area contributed by atoms with Gasteiger partial charge in [-0.25, -0.2) is 0 Å². The molecule has 4 rings (SSSR count). The van der Waals surface area contributed by atoms with Gasteiger partial charge in [-0.1, -0.05) is 31.4 Å². The molecule has 0 amide bonds. The molecule has 0 aromatic carbocycles. The number of carbonyl (C=O) groups excluding carboxylic acids is 1. The molecule has 3 saturated carbocycles. The maximum absolute atomic E-state index is 12.8. The molecule has 2 bridgehead atoms. The fourth-order valence-electron chi connectivity index (χ4n) is 5.79. The van der Waals surface area contributed by atoms with Crippen LogP contribution in [0.1, 0.15) is 71.1 Å². The predicted octanol–water partition coefficient (Wildman–Crippen LogP) is 4.63. The van der Waals surface area contributed by atoms with Crippen molar-refractivity contribution in [2.24, 2.45) is 23.2 Å². The highest BCUT2D eigenvalue weighted by molar-refractivity contribution is 5.74. The Morgan fingerprint density at radius 1 is 1.00 bits per heavy atom. The smallest absolute Gasteiger partial charge is 0.310 e. The van der Waals surface area contributed by atoms with E-state index in [1.807, 2.05) is 0 Å². The molecular formula is C19H28O2. The Bertz CT molecular complexity index is 460. The SMILES string of the molecule is CC1(OC(=O)C2CC3C=CC2C3)CCCCC12CCCC2. The third kappa shape index (κ3) is 2.09. The van der Waals surface area contributed by atoms with Crippen LogP contribution in [0.3, 0.4) is 0 Å². The van der Waals surface area contributed by atoms with Crippen LogP contribution in [0.25, 0.3) is 0 Å². The first-order valence-corrected chi connectivity index (χ1v) is 9.03. The van der Waals surface area contributed by atoms with Gasteiger partial charge in [0.05, 0.1) is 5.92 Å². The van der Waals surface area contributed by atoms with Gasteiger partial charge in [-0.3, -0.25) is 4.79 Å². The number of carbonyl (C=O) groups is 1. The summed E-state index contributed by atoms with van der Waals surface area (Å²) in [7, 11) is 0. The molecule has 4 aliphatic carbocycles. The lowest BCUT2D eigenvalue weighted by molar-refractivity contribution is -0.187. The second kappa shape index (κ2) is 4.86. The summed E-state index contributed by atoms with van der Waals surface area (Å²) in [6, 6.07) is 0. The highest BCUT2D eigenvalue weighted by atomic mass is 16.6. The summed E-state index contributed by atoms with van der Waals surface area (Å²) in [4.78, 5) is 12.8. The molecule has 0 saturated heterocycles. The van der Waals surface area contributed by atoms with Crippen LogP contribution < -0.4 is 0 Å². The Morgan fingerprint density at radius 3 is 2.24 bits per heavy atom. The van der Waals surface area contributed by atoms with Crippen molar-refractivity contribution < 1.29 is 9.53 Å². The molecule has 0 N–H and O–H groups in total. The van der Waals surface area contributed by atoms with E-state index in [9.17, 15) is 4.79 Å². The van der Waals surface area contributed by atoms with Crippen molar-refractivity contribution in [3.8, 4) is 0 Å². The second-order valence-corrected chi connectivity index (χ2v) is 8.23. The summed E-state index contributed by atoms with van der Waals surface area (Å²) in [6.45, 7) is 2.25. The molecule has 21 heavy (non-hydrogen) atoms. The predicted molar refractivity (Wildman–Crippen MR) is 82.7 cm³/mol. The van der Waals surface area contributed by atoms with Crippen molar-refractivity contribution in [1.82, 2.24) is 0 Å². The molecule has 4 atom stereocenters. The normalized spacial score (nSPS) is 43.6. The molecule has 0 aliphatic heterocycles. The first-order chi connectivity index (χ1) is 10.1. The lowest BCUT2D eigenvalue weighted by Crippen LogP contribution is -2.51. The van der Waals surface area contributed by atoms with Crippen molar-refractivity contribution in [2.45, 2.75) is 76.7 Å². The summed E-state index contributed by atoms with van der Waals surface area (Å²) < 4.78 is 6.28. The highest BCUT2D eigenvalue weighted by Gasteiger charge is 2.54. The van der Waals surface area contributed by atoms with E-state index in [-0.39, 0.29) is 17.5 Å². The Hall–Kier alpha value is -0.790. The van der Waals surface area contributed by atoms with Gasteiger partial charge >= 0.3 is 5.97 Å². The minimum absolute atomic E-state index is 0.113. The van der Waals surface area contributed by atoms with E-state index < -0.39 is 0 Å². The van der Waals surface area contributed by atoms with E-state index in [4.69, 9.17) is 4.74 Å². The fourth-order valence-corrected chi connectivity index (χ4v) is 5.79. The van der Waals surface area contributed by atoms with Gasteiger partial charge in [-0.05, 0) is 63.7 Å². The van der Waals surface area contributed by atoms with Crippen molar-refractivity contribution >= 4 is 5.97 Å². The van der Waals surface area contributed by atoms with Gasteiger partial charge in [0.15, 0.2) is 0 Å². The van der Waals surface area contributed by atoms with E-state index in [0.717, 1.165) is 12.8 Å². The lowest BCUT2D eigenvalue weighted by atomic mass is 9.62. The largest absolute Gasteiger partial charge is 0.459 e. The van der Waals surface area contributed by atoms with Gasteiger partial charge in [0, 0.05) is 5.41 Å². The van der Waals surface area contributed by atoms with Crippen LogP contribution in [0, 0.1) is 23.2 Å². The maximum Gasteiger partial charge on any atom is 0.310 e. The lowest BCUT2D eigenvalue weighted by Gasteiger charge is -2.49. The van der Waals surface area contributed by atoms with Crippen LogP contribution in [0.5, 0.6) is 0 Å². The van der Waals surface area contributed by atoms with E-state index in [1.54, 1.807) is 0 Å². The van der Waals surface area contributed by atoms with Crippen LogP contribution in [0.2, 0.25) is 0 Å². The molecule has 0 heterocycles. The van der Waals surface area contributed by atoms with Gasteiger partial charge in [-0.2, -0.15) is 0 Å². The monoisotopic (exact) mass is 288 g/mol. The van der Waals surface area contributed by atoms with E-state index in [0.29, 0.717) is 17.3 Å². The standard InChI is InChI=1S/C19H28O2/c1-18(8-2-3-9-19(18)10-4-5-11-19)21-17(20)16-13-14-6-7-15(16)12-14/h6-7,14-16H,2-5,8-13H2,1H3. The van der Waals surface area contributed by atoms with Crippen molar-refractivity contribution in [3.05, 3.63) is 12.2 Å². The fraction of sp³-hybridized carbons (Fsp3) is 0.842. The Kier molecular flexibility index (Phi) is 3.20. The molecule has 3 fully saturated rings. The van der Waals surface area contributed by atoms with Gasteiger partial charge < -0.3 is 4.74 Å². The number of esters is 1. The van der Waals surface area contributed by atoms with Crippen LogP contribution in [0.4, 0.5) is 0 Å². The highest BCUT2D eigenvalue weighted by Crippen LogP contribution is 2.57. The molecule has 0 aromatic rings. The van der Waals surface area contributed by atoms with Gasteiger partial charge in [0.2, 0.25) is 0 Å². The maximum atomic E-state index is 12.8. The van der Waals surface area contributed by atoms with Crippen LogP contribution in [-0.4, -0.2) is 11.6 Å². The molecule has 4 aliphatic rings. The second-order valence-electron chi connectivity index (χ2n) is 8.23. The van der Waals surface area contributed by atoms with E-state index >= 15 is 0 Å². The summed E-state index contributed by atoms with van der Waals surface area (Å²) in [6.07, 6.45) is 16.9. The van der Waals surface area contributed by atoms with Crippen molar-refractivity contribution in [3.63, 3.8) is 0 Å². The third-order valence-corrected chi connectivity index (χ3v) is 7.15. The molecule has 1 spiro atoms. The van der Waals surface area contributed by atoms with Crippen molar-refractivity contribution in [1.29, 1.82) is 0 Å². The zero-order valence-electron chi connectivity index (χ0n) is 13.3. The summed E-state index contributed by atoms with van der Waals surface area (Å²) in [5.41, 5.74) is 0.110. The topological polar surface area (TPSA) is 26.3 Å². The molecule has 116 valence electrons. The number of hydrogen-bond acceptors (Lipinski definition) is 2. The number of hydrogen-bond donors (Lipinski definition) is 0. The minimum Gasteiger partial charge on any atom is -0.459 e. The first kappa shape index (κ1) is 13.8. The summed E-state index contributed by atoms with van der Waals surface area (Å²) >= 11 is 0. The average Bonchev–Trinajstić information content (AvgIpc) is 3.19. The van der Waals surface area contributed by atoms with Gasteiger partial charge in [0.1, 0.15) is 5.60 Å². The van der Waals surface area contributed by atoms with Crippen LogP contribution in [-0.2, 0) is 9.53 Å². The zero-order valence-corrected chi connectivity index (χ0v) is 13.3. The quantitative estimate of drug-likeness (QED) is 0.547. The van der Waals surface area contributed by atoms with Gasteiger partial charge in [0.25, 0.3) is 0 Å². The number of allylic oxidation sites excluding steroid dienone is 2. The molecule has 0 aromatic heterocycles. The Balaban J connectivity index is 1.51. The Labute approximate surface area is 128 Å². The summed E-state index contributed by atoms with van der Waals surface area (Å²) in [5, 5.41) is 0. The molecule has 4 unspecified atom stereocenters. The van der Waals surface area contributed by atoms with Crippen molar-refractivity contribution in [2.75, 3.05) is 0 Å². The number of ether oxygens (including phenoxy) is 1. The van der Waals surface area contributed by atoms with Crippen LogP contribution >= 0.6 is 0 Å². The van der Waals surface area contributed by atoms with E-state index in [1.165, 1.54) is 51.4 Å². The van der Waals surface area contributed by atoms with Gasteiger partial charge in [-0.15, -0.1) is 0 Å². The summed E-state index contributed by atoms with van der Waals surface area (Å²) in [5.74, 6) is 1.38. The Morgan fingerprint density at radius 2 is 1.67 bits per heavy atom. The third-order valence-electron chi connectivity index (χ3n) is 7.15. The van der Waals surface area contributed by atoms with Crippen LogP contribution in [0.15, 0.2) is 12.2 Å². The molecular weight excluding hydrogens is 260 g/mol. The molecule has 0 radical (unpaired) electrons. The first-order valence-electron chi connectivity index (χ1n) is 9.03. The minimum atomic E-state index is -0.190. The average molecular weight is 288 g/mol. The number of rotatable bonds is 2. The van der Waals surface area contributed by atoms with E-state index in [2.05, 4.69) is 19.1 Å².